The molecule has 4 unspecified atom stereocenters. The van der Waals surface area contributed by atoms with E-state index in [0.717, 1.165) is 22.1 Å². The first-order chi connectivity index (χ1) is 9.52. The van der Waals surface area contributed by atoms with Gasteiger partial charge >= 0.3 is 0 Å². The second-order valence-electron chi connectivity index (χ2n) is 6.16. The van der Waals surface area contributed by atoms with Crippen molar-refractivity contribution in [3.05, 3.63) is 28.2 Å². The first kappa shape index (κ1) is 15.8. The van der Waals surface area contributed by atoms with E-state index in [-0.39, 0.29) is 0 Å². The molecule has 1 aliphatic carbocycles. The van der Waals surface area contributed by atoms with E-state index < -0.39 is 0 Å². The van der Waals surface area contributed by atoms with Crippen molar-refractivity contribution in [2.75, 3.05) is 7.11 Å². The van der Waals surface area contributed by atoms with Crippen LogP contribution in [0, 0.1) is 11.8 Å². The van der Waals surface area contributed by atoms with Crippen molar-refractivity contribution < 1.29 is 4.74 Å². The molecule has 2 rings (SSSR count). The van der Waals surface area contributed by atoms with Crippen LogP contribution in [0.25, 0.3) is 0 Å². The highest BCUT2D eigenvalue weighted by molar-refractivity contribution is 9.10. The smallest absolute Gasteiger partial charge is 0.133 e. The van der Waals surface area contributed by atoms with E-state index in [0.29, 0.717) is 12.1 Å². The number of nitrogens with one attached hydrogen (secondary N) is 1. The molecule has 1 fully saturated rings. The van der Waals surface area contributed by atoms with Gasteiger partial charge in [0.15, 0.2) is 0 Å². The standard InChI is InChI=1S/C17H26BrNO/c1-11-6-5-7-16(12(11)2)19-13(3)14-8-9-17(20-4)15(18)10-14/h8-13,16,19H,5-7H2,1-4H3. The molecule has 1 aliphatic rings. The third-order valence-corrected chi connectivity index (χ3v) is 5.47. The SMILES string of the molecule is COc1ccc(C(C)NC2CCCC(C)C2C)cc1Br. The summed E-state index contributed by atoms with van der Waals surface area (Å²) >= 11 is 3.57. The van der Waals surface area contributed by atoms with Crippen molar-refractivity contribution in [1.29, 1.82) is 0 Å². The van der Waals surface area contributed by atoms with Gasteiger partial charge in [-0.1, -0.05) is 32.8 Å². The Labute approximate surface area is 131 Å². The van der Waals surface area contributed by atoms with Crippen molar-refractivity contribution in [3.8, 4) is 5.75 Å². The maximum absolute atomic E-state index is 5.29. The molecule has 0 bridgehead atoms. The Morgan fingerprint density at radius 1 is 1.30 bits per heavy atom. The van der Waals surface area contributed by atoms with E-state index in [4.69, 9.17) is 4.74 Å². The summed E-state index contributed by atoms with van der Waals surface area (Å²) in [5.41, 5.74) is 1.31. The first-order valence-corrected chi connectivity index (χ1v) is 8.41. The summed E-state index contributed by atoms with van der Waals surface area (Å²) in [4.78, 5) is 0. The van der Waals surface area contributed by atoms with Gasteiger partial charge in [0.1, 0.15) is 5.75 Å². The fourth-order valence-corrected chi connectivity index (χ4v) is 3.74. The Bertz CT molecular complexity index is 449. The zero-order chi connectivity index (χ0) is 14.7. The second-order valence-corrected chi connectivity index (χ2v) is 7.01. The Kier molecular flexibility index (Phi) is 5.50. The molecule has 4 atom stereocenters. The lowest BCUT2D eigenvalue weighted by atomic mass is 9.77. The fraction of sp³-hybridized carbons (Fsp3) is 0.647. The molecule has 112 valence electrons. The lowest BCUT2D eigenvalue weighted by molar-refractivity contribution is 0.196. The van der Waals surface area contributed by atoms with Gasteiger partial charge in [-0.15, -0.1) is 0 Å². The highest BCUT2D eigenvalue weighted by Gasteiger charge is 2.28. The van der Waals surface area contributed by atoms with Gasteiger partial charge < -0.3 is 10.1 Å². The predicted octanol–water partition coefficient (Wildman–Crippen LogP) is 4.93. The van der Waals surface area contributed by atoms with Crippen LogP contribution in [0.2, 0.25) is 0 Å². The minimum absolute atomic E-state index is 0.370. The number of hydrogen-bond donors (Lipinski definition) is 1. The molecule has 0 radical (unpaired) electrons. The molecule has 0 heterocycles. The van der Waals surface area contributed by atoms with Crippen LogP contribution in [-0.4, -0.2) is 13.2 Å². The molecule has 2 nitrogen and oxygen atoms in total. The second kappa shape index (κ2) is 6.95. The molecule has 1 aromatic carbocycles. The minimum atomic E-state index is 0.370. The van der Waals surface area contributed by atoms with Crippen LogP contribution < -0.4 is 10.1 Å². The minimum Gasteiger partial charge on any atom is -0.496 e. The van der Waals surface area contributed by atoms with E-state index in [1.165, 1.54) is 24.8 Å². The van der Waals surface area contributed by atoms with E-state index in [9.17, 15) is 0 Å². The van der Waals surface area contributed by atoms with Crippen molar-refractivity contribution in [1.82, 2.24) is 5.32 Å². The first-order valence-electron chi connectivity index (χ1n) is 7.62. The molecule has 0 amide bonds. The van der Waals surface area contributed by atoms with Gasteiger partial charge in [0, 0.05) is 12.1 Å². The quantitative estimate of drug-likeness (QED) is 0.839. The van der Waals surface area contributed by atoms with Crippen LogP contribution in [0.4, 0.5) is 0 Å². The number of hydrogen-bond acceptors (Lipinski definition) is 2. The number of halogens is 1. The predicted molar refractivity (Wildman–Crippen MR) is 88.2 cm³/mol. The molecular weight excluding hydrogens is 314 g/mol. The molecule has 3 heteroatoms. The van der Waals surface area contributed by atoms with E-state index in [1.54, 1.807) is 7.11 Å². The van der Waals surface area contributed by atoms with Crippen LogP contribution >= 0.6 is 15.9 Å². The molecule has 1 aromatic rings. The Morgan fingerprint density at radius 3 is 2.70 bits per heavy atom. The molecule has 20 heavy (non-hydrogen) atoms. The van der Waals surface area contributed by atoms with Gasteiger partial charge in [0.25, 0.3) is 0 Å². The van der Waals surface area contributed by atoms with E-state index >= 15 is 0 Å². The Hall–Kier alpha value is -0.540. The number of benzene rings is 1. The van der Waals surface area contributed by atoms with E-state index in [1.807, 2.05) is 6.07 Å². The van der Waals surface area contributed by atoms with Crippen LogP contribution in [0.1, 0.15) is 51.6 Å². The van der Waals surface area contributed by atoms with Crippen molar-refractivity contribution in [3.63, 3.8) is 0 Å². The number of rotatable bonds is 4. The van der Waals surface area contributed by atoms with Gasteiger partial charge in [0.2, 0.25) is 0 Å². The molecule has 0 aromatic heterocycles. The van der Waals surface area contributed by atoms with Crippen molar-refractivity contribution >= 4 is 15.9 Å². The third kappa shape index (κ3) is 3.56. The number of ether oxygens (including phenoxy) is 1. The maximum atomic E-state index is 5.29. The number of methoxy groups -OCH3 is 1. The highest BCUT2D eigenvalue weighted by atomic mass is 79.9. The topological polar surface area (TPSA) is 21.3 Å². The summed E-state index contributed by atoms with van der Waals surface area (Å²) in [6.07, 6.45) is 4.02. The van der Waals surface area contributed by atoms with E-state index in [2.05, 4.69) is 54.2 Å². The Morgan fingerprint density at radius 2 is 2.05 bits per heavy atom. The molecule has 1 N–H and O–H groups in total. The van der Waals surface area contributed by atoms with Crippen LogP contribution in [0.15, 0.2) is 22.7 Å². The van der Waals surface area contributed by atoms with Gasteiger partial charge in [-0.25, -0.2) is 0 Å². The average Bonchev–Trinajstić information content (AvgIpc) is 2.43. The molecular formula is C17H26BrNO. The normalized spacial score (nSPS) is 28.1. The summed E-state index contributed by atoms with van der Waals surface area (Å²) < 4.78 is 6.32. The summed E-state index contributed by atoms with van der Waals surface area (Å²) in [6.45, 7) is 7.02. The lowest BCUT2D eigenvalue weighted by Gasteiger charge is -2.36. The highest BCUT2D eigenvalue weighted by Crippen LogP contribution is 2.32. The maximum Gasteiger partial charge on any atom is 0.133 e. The zero-order valence-electron chi connectivity index (χ0n) is 12.9. The van der Waals surface area contributed by atoms with Gasteiger partial charge in [-0.3, -0.25) is 0 Å². The van der Waals surface area contributed by atoms with Crippen LogP contribution in [0.3, 0.4) is 0 Å². The van der Waals surface area contributed by atoms with Crippen molar-refractivity contribution in [2.45, 2.75) is 52.1 Å². The largest absolute Gasteiger partial charge is 0.496 e. The van der Waals surface area contributed by atoms with Gasteiger partial charge in [-0.05, 0) is 58.8 Å². The molecule has 0 aliphatic heterocycles. The van der Waals surface area contributed by atoms with Crippen LogP contribution in [-0.2, 0) is 0 Å². The zero-order valence-corrected chi connectivity index (χ0v) is 14.5. The van der Waals surface area contributed by atoms with Crippen LogP contribution in [0.5, 0.6) is 5.75 Å². The van der Waals surface area contributed by atoms with Crippen molar-refractivity contribution in [2.24, 2.45) is 11.8 Å². The third-order valence-electron chi connectivity index (χ3n) is 4.85. The van der Waals surface area contributed by atoms with Gasteiger partial charge in [-0.2, -0.15) is 0 Å². The molecule has 1 saturated carbocycles. The summed E-state index contributed by atoms with van der Waals surface area (Å²) in [6, 6.07) is 7.35. The lowest BCUT2D eigenvalue weighted by Crippen LogP contribution is -2.41. The monoisotopic (exact) mass is 339 g/mol. The van der Waals surface area contributed by atoms with Gasteiger partial charge in [0.05, 0.1) is 11.6 Å². The molecule has 0 spiro atoms. The molecule has 0 saturated heterocycles. The summed E-state index contributed by atoms with van der Waals surface area (Å²) in [5.74, 6) is 2.48. The average molecular weight is 340 g/mol. The summed E-state index contributed by atoms with van der Waals surface area (Å²) in [7, 11) is 1.70. The summed E-state index contributed by atoms with van der Waals surface area (Å²) in [5, 5.41) is 3.82. The fourth-order valence-electron chi connectivity index (χ4n) is 3.19. The Balaban J connectivity index is 2.04.